The zero-order valence-corrected chi connectivity index (χ0v) is 16.7. The van der Waals surface area contributed by atoms with Gasteiger partial charge >= 0.3 is 6.18 Å². The standard InChI is InChI=1S/C22H15F4N5O2/c23-17-3-1-14(9-16(17)22(24,25)26)30-21-29-10-13-8-15(2-4-18(13)31-21)33-11-12-5-6-28-19(7-12)20(27)32/h1-10H,11H2,(H2,27,32)(H,29,30,31). The third-order valence-electron chi connectivity index (χ3n) is 4.56. The topological polar surface area (TPSA) is 103 Å². The number of primary amides is 1. The molecule has 0 atom stereocenters. The summed E-state index contributed by atoms with van der Waals surface area (Å²) in [5, 5.41) is 3.27. The van der Waals surface area contributed by atoms with Gasteiger partial charge in [0.15, 0.2) is 0 Å². The molecular formula is C22H15F4N5O2. The number of carbonyl (C=O) groups excluding carboxylic acids is 1. The summed E-state index contributed by atoms with van der Waals surface area (Å²) in [5.41, 5.74) is 5.18. The van der Waals surface area contributed by atoms with Crippen LogP contribution in [0.25, 0.3) is 10.9 Å². The van der Waals surface area contributed by atoms with E-state index >= 15 is 0 Å². The number of anilines is 2. The maximum absolute atomic E-state index is 13.5. The number of nitrogens with two attached hydrogens (primary N) is 1. The fourth-order valence-electron chi connectivity index (χ4n) is 2.98. The van der Waals surface area contributed by atoms with Gasteiger partial charge in [-0.1, -0.05) is 0 Å². The van der Waals surface area contributed by atoms with E-state index in [0.29, 0.717) is 28.3 Å². The summed E-state index contributed by atoms with van der Waals surface area (Å²) in [6.07, 6.45) is -1.89. The van der Waals surface area contributed by atoms with Crippen molar-refractivity contribution in [2.24, 2.45) is 5.73 Å². The Kier molecular flexibility index (Phi) is 5.78. The third kappa shape index (κ3) is 5.14. The molecule has 0 aliphatic carbocycles. The van der Waals surface area contributed by atoms with E-state index in [-0.39, 0.29) is 23.9 Å². The summed E-state index contributed by atoms with van der Waals surface area (Å²) in [6.45, 7) is 0.168. The number of aromatic nitrogens is 3. The van der Waals surface area contributed by atoms with E-state index in [2.05, 4.69) is 20.3 Å². The van der Waals surface area contributed by atoms with Gasteiger partial charge in [-0.3, -0.25) is 9.78 Å². The van der Waals surface area contributed by atoms with E-state index in [4.69, 9.17) is 10.5 Å². The van der Waals surface area contributed by atoms with Crippen LogP contribution < -0.4 is 15.8 Å². The zero-order valence-electron chi connectivity index (χ0n) is 16.7. The summed E-state index contributed by atoms with van der Waals surface area (Å²) in [6, 6.07) is 10.8. The van der Waals surface area contributed by atoms with Gasteiger partial charge < -0.3 is 15.8 Å². The highest BCUT2D eigenvalue weighted by molar-refractivity contribution is 5.90. The Balaban J connectivity index is 1.49. The lowest BCUT2D eigenvalue weighted by Gasteiger charge is -2.11. The average Bonchev–Trinajstić information content (AvgIpc) is 2.78. The van der Waals surface area contributed by atoms with Crippen molar-refractivity contribution in [2.75, 3.05) is 5.32 Å². The number of hydrogen-bond acceptors (Lipinski definition) is 6. The summed E-state index contributed by atoms with van der Waals surface area (Å²) >= 11 is 0. The maximum Gasteiger partial charge on any atom is 0.419 e. The number of pyridine rings is 1. The van der Waals surface area contributed by atoms with Crippen LogP contribution in [-0.2, 0) is 12.8 Å². The number of amides is 1. The zero-order chi connectivity index (χ0) is 23.6. The van der Waals surface area contributed by atoms with E-state index in [1.807, 2.05) is 0 Å². The van der Waals surface area contributed by atoms with Crippen molar-refractivity contribution < 1.29 is 27.1 Å². The Labute approximate surface area is 184 Å². The van der Waals surface area contributed by atoms with Gasteiger partial charge in [-0.25, -0.2) is 14.4 Å². The van der Waals surface area contributed by atoms with Crippen molar-refractivity contribution in [1.29, 1.82) is 0 Å². The average molecular weight is 457 g/mol. The van der Waals surface area contributed by atoms with Crippen molar-refractivity contribution in [1.82, 2.24) is 15.0 Å². The minimum absolute atomic E-state index is 0.00397. The molecule has 0 saturated carbocycles. The molecule has 0 aliphatic rings. The second-order valence-corrected chi connectivity index (χ2v) is 6.93. The van der Waals surface area contributed by atoms with Crippen molar-refractivity contribution in [2.45, 2.75) is 12.8 Å². The minimum atomic E-state index is -4.82. The molecular weight excluding hydrogens is 442 g/mol. The third-order valence-corrected chi connectivity index (χ3v) is 4.56. The van der Waals surface area contributed by atoms with Gasteiger partial charge in [0.1, 0.15) is 23.9 Å². The quantitative estimate of drug-likeness (QED) is 0.410. The second kappa shape index (κ2) is 8.69. The normalized spacial score (nSPS) is 11.4. The SMILES string of the molecule is NC(=O)c1cc(COc2ccc3nc(Nc4ccc(F)c(C(F)(F)F)c4)ncc3c2)ccn1. The van der Waals surface area contributed by atoms with E-state index in [0.717, 1.165) is 12.1 Å². The van der Waals surface area contributed by atoms with Crippen LogP contribution in [0.5, 0.6) is 5.75 Å². The van der Waals surface area contributed by atoms with Crippen LogP contribution in [0.4, 0.5) is 29.2 Å². The van der Waals surface area contributed by atoms with Crippen LogP contribution in [0.2, 0.25) is 0 Å². The lowest BCUT2D eigenvalue weighted by Crippen LogP contribution is -2.13. The van der Waals surface area contributed by atoms with Crippen molar-refractivity contribution in [3.05, 3.63) is 83.6 Å². The molecule has 0 saturated heterocycles. The highest BCUT2D eigenvalue weighted by atomic mass is 19.4. The van der Waals surface area contributed by atoms with E-state index in [1.165, 1.54) is 18.5 Å². The van der Waals surface area contributed by atoms with Gasteiger partial charge in [0, 0.05) is 23.5 Å². The molecule has 4 aromatic rings. The monoisotopic (exact) mass is 457 g/mol. The van der Waals surface area contributed by atoms with Gasteiger partial charge in [-0.15, -0.1) is 0 Å². The van der Waals surface area contributed by atoms with Crippen LogP contribution in [-0.4, -0.2) is 20.9 Å². The smallest absolute Gasteiger partial charge is 0.419 e. The summed E-state index contributed by atoms with van der Waals surface area (Å²) in [7, 11) is 0. The minimum Gasteiger partial charge on any atom is -0.489 e. The van der Waals surface area contributed by atoms with Crippen LogP contribution in [0, 0.1) is 5.82 Å². The number of nitrogens with one attached hydrogen (secondary N) is 1. The van der Waals surface area contributed by atoms with Gasteiger partial charge in [0.05, 0.1) is 11.1 Å². The number of benzene rings is 2. The molecule has 0 unspecified atom stereocenters. The maximum atomic E-state index is 13.5. The highest BCUT2D eigenvalue weighted by Crippen LogP contribution is 2.33. The largest absolute Gasteiger partial charge is 0.489 e. The Morgan fingerprint density at radius 3 is 2.64 bits per heavy atom. The number of ether oxygens (including phenoxy) is 1. The molecule has 33 heavy (non-hydrogen) atoms. The fraction of sp³-hybridized carbons (Fsp3) is 0.0909. The van der Waals surface area contributed by atoms with Gasteiger partial charge in [-0.05, 0) is 54.1 Å². The first kappa shape index (κ1) is 21.9. The molecule has 7 nitrogen and oxygen atoms in total. The molecule has 2 aromatic heterocycles. The molecule has 2 heterocycles. The van der Waals surface area contributed by atoms with E-state index < -0.39 is 23.5 Å². The second-order valence-electron chi connectivity index (χ2n) is 6.93. The molecule has 3 N–H and O–H groups in total. The number of fused-ring (bicyclic) bond motifs is 1. The number of hydrogen-bond donors (Lipinski definition) is 2. The number of rotatable bonds is 6. The number of nitrogens with zero attached hydrogens (tertiary/aromatic N) is 3. The summed E-state index contributed by atoms with van der Waals surface area (Å²) < 4.78 is 57.9. The molecule has 168 valence electrons. The number of alkyl halides is 3. The van der Waals surface area contributed by atoms with E-state index in [9.17, 15) is 22.4 Å². The predicted molar refractivity (Wildman–Crippen MR) is 111 cm³/mol. The Hall–Kier alpha value is -4.28. The Morgan fingerprint density at radius 2 is 1.88 bits per heavy atom. The molecule has 4 rings (SSSR count). The van der Waals surface area contributed by atoms with Crippen LogP contribution in [0.1, 0.15) is 21.6 Å². The van der Waals surface area contributed by atoms with Crippen LogP contribution in [0.15, 0.2) is 60.9 Å². The first-order valence-corrected chi connectivity index (χ1v) is 9.47. The van der Waals surface area contributed by atoms with E-state index in [1.54, 1.807) is 24.3 Å². The fourth-order valence-corrected chi connectivity index (χ4v) is 2.98. The molecule has 0 spiro atoms. The summed E-state index contributed by atoms with van der Waals surface area (Å²) in [4.78, 5) is 23.4. The molecule has 2 aromatic carbocycles. The van der Waals surface area contributed by atoms with Gasteiger partial charge in [0.2, 0.25) is 5.95 Å². The molecule has 0 aliphatic heterocycles. The lowest BCUT2D eigenvalue weighted by atomic mass is 10.2. The molecule has 0 fully saturated rings. The van der Waals surface area contributed by atoms with Crippen molar-refractivity contribution in [3.63, 3.8) is 0 Å². The van der Waals surface area contributed by atoms with Crippen molar-refractivity contribution >= 4 is 28.4 Å². The highest BCUT2D eigenvalue weighted by Gasteiger charge is 2.34. The molecule has 0 bridgehead atoms. The first-order chi connectivity index (χ1) is 15.7. The predicted octanol–water partition coefficient (Wildman–Crippen LogP) is 4.60. The Bertz CT molecular complexity index is 1340. The molecule has 11 heteroatoms. The molecule has 1 amide bonds. The molecule has 0 radical (unpaired) electrons. The lowest BCUT2D eigenvalue weighted by molar-refractivity contribution is -0.139. The summed E-state index contributed by atoms with van der Waals surface area (Å²) in [5.74, 6) is -1.44. The number of halogens is 4. The first-order valence-electron chi connectivity index (χ1n) is 9.47. The van der Waals surface area contributed by atoms with Gasteiger partial charge in [0.25, 0.3) is 5.91 Å². The Morgan fingerprint density at radius 1 is 1.06 bits per heavy atom. The van der Waals surface area contributed by atoms with Gasteiger partial charge in [-0.2, -0.15) is 13.2 Å². The van der Waals surface area contributed by atoms with Crippen molar-refractivity contribution in [3.8, 4) is 5.75 Å². The number of carbonyl (C=O) groups is 1. The van der Waals surface area contributed by atoms with Crippen LogP contribution >= 0.6 is 0 Å². The van der Waals surface area contributed by atoms with Crippen LogP contribution in [0.3, 0.4) is 0 Å².